The molecule has 12 heteroatoms. The van der Waals surface area contributed by atoms with Crippen LogP contribution >= 0.6 is 23.2 Å². The minimum atomic E-state index is 0.0494. The summed E-state index contributed by atoms with van der Waals surface area (Å²) >= 11 is 12.6. The molecule has 2 aliphatic heterocycles. The van der Waals surface area contributed by atoms with Gasteiger partial charge in [0.25, 0.3) is 5.78 Å². The number of aromatic nitrogens is 7. The van der Waals surface area contributed by atoms with Crippen molar-refractivity contribution in [1.29, 1.82) is 0 Å². The molecule has 0 unspecified atom stereocenters. The molecule has 0 aliphatic carbocycles. The quantitative estimate of drug-likeness (QED) is 0.242. The van der Waals surface area contributed by atoms with Gasteiger partial charge in [0, 0.05) is 41.8 Å². The van der Waals surface area contributed by atoms with Crippen LogP contribution in [0.3, 0.4) is 0 Å². The summed E-state index contributed by atoms with van der Waals surface area (Å²) in [5.41, 5.74) is 3.99. The zero-order valence-corrected chi connectivity index (χ0v) is 25.2. The molecule has 0 N–H and O–H groups in total. The highest BCUT2D eigenvalue weighted by Gasteiger charge is 2.38. The van der Waals surface area contributed by atoms with Crippen molar-refractivity contribution in [3.8, 4) is 0 Å². The Labute approximate surface area is 254 Å². The molecule has 3 atom stereocenters. The molecule has 5 heterocycles. The lowest BCUT2D eigenvalue weighted by Gasteiger charge is -2.49. The predicted octanol–water partition coefficient (Wildman–Crippen LogP) is 5.43. The third-order valence-corrected chi connectivity index (χ3v) is 9.12. The first-order chi connectivity index (χ1) is 20.5. The molecule has 2 fully saturated rings. The highest BCUT2D eigenvalue weighted by atomic mass is 35.5. The largest absolute Gasteiger partial charge is 0.376 e. The lowest BCUT2D eigenvalue weighted by atomic mass is 9.92. The first kappa shape index (κ1) is 27.5. The van der Waals surface area contributed by atoms with Crippen LogP contribution in [0.4, 0.5) is 5.82 Å². The van der Waals surface area contributed by atoms with E-state index < -0.39 is 0 Å². The van der Waals surface area contributed by atoms with E-state index in [0.717, 1.165) is 66.0 Å². The van der Waals surface area contributed by atoms with Gasteiger partial charge < -0.3 is 9.64 Å². The van der Waals surface area contributed by atoms with E-state index >= 15 is 0 Å². The molecule has 10 nitrogen and oxygen atoms in total. The summed E-state index contributed by atoms with van der Waals surface area (Å²) in [5.74, 6) is 1.33. The van der Waals surface area contributed by atoms with Crippen molar-refractivity contribution >= 4 is 46.0 Å². The van der Waals surface area contributed by atoms with E-state index in [1.54, 1.807) is 6.33 Å². The summed E-state index contributed by atoms with van der Waals surface area (Å²) in [6.45, 7) is 7.52. The third kappa shape index (κ3) is 5.00. The Morgan fingerprint density at radius 1 is 0.976 bits per heavy atom. The second kappa shape index (κ2) is 11.4. The van der Waals surface area contributed by atoms with Gasteiger partial charge >= 0.3 is 0 Å². The fraction of sp³-hybridized carbons (Fsp3) is 0.433. The van der Waals surface area contributed by atoms with Crippen molar-refractivity contribution in [3.63, 3.8) is 0 Å². The first-order valence-electron chi connectivity index (χ1n) is 14.6. The van der Waals surface area contributed by atoms with Gasteiger partial charge in [-0.15, -0.1) is 15.3 Å². The van der Waals surface area contributed by atoms with Gasteiger partial charge in [0.1, 0.15) is 6.33 Å². The standard InChI is InChI=1S/C30H33Cl2N9O/c1-3-24-16-38(19(2)15-39(24)27(20-6-10-22(31)11-7-20)21-8-12-23(32)13-9-21)28-26-29(40-18-33-36-30(40)34-28)41(37-35-26)17-25-5-4-14-42-25/h6-13,18-19,24-25,27H,3-5,14-17H2,1-2H3/t19-,24+,25-/m0/s1. The van der Waals surface area contributed by atoms with E-state index in [4.69, 9.17) is 32.9 Å². The van der Waals surface area contributed by atoms with Crippen LogP contribution in [0.25, 0.3) is 16.9 Å². The van der Waals surface area contributed by atoms with Gasteiger partial charge in [-0.05, 0) is 61.6 Å². The number of fused-ring (bicyclic) bond motifs is 3. The topological polar surface area (TPSA) is 89.5 Å². The normalized spacial score (nSPS) is 21.7. The van der Waals surface area contributed by atoms with E-state index in [2.05, 4.69) is 68.4 Å². The smallest absolute Gasteiger partial charge is 0.258 e. The number of benzene rings is 2. The Morgan fingerprint density at radius 3 is 2.33 bits per heavy atom. The molecule has 0 radical (unpaired) electrons. The third-order valence-electron chi connectivity index (χ3n) is 8.62. The van der Waals surface area contributed by atoms with Crippen LogP contribution < -0.4 is 4.90 Å². The van der Waals surface area contributed by atoms with Gasteiger partial charge in [-0.25, -0.2) is 9.08 Å². The Balaban J connectivity index is 1.26. The summed E-state index contributed by atoms with van der Waals surface area (Å²) in [6.07, 6.45) is 4.86. The minimum absolute atomic E-state index is 0.0494. The maximum atomic E-state index is 6.29. The summed E-state index contributed by atoms with van der Waals surface area (Å²) in [4.78, 5) is 9.95. The van der Waals surface area contributed by atoms with Crippen molar-refractivity contribution in [2.24, 2.45) is 0 Å². The second-order valence-electron chi connectivity index (χ2n) is 11.3. The van der Waals surface area contributed by atoms with E-state index in [1.165, 1.54) is 11.1 Å². The maximum absolute atomic E-state index is 6.29. The Hall–Kier alpha value is -3.31. The number of halogens is 2. The molecule has 218 valence electrons. The highest BCUT2D eigenvalue weighted by molar-refractivity contribution is 6.30. The number of hydrogen-bond donors (Lipinski definition) is 0. The molecule has 7 rings (SSSR count). The minimum Gasteiger partial charge on any atom is -0.376 e. The van der Waals surface area contributed by atoms with E-state index in [0.29, 0.717) is 12.3 Å². The van der Waals surface area contributed by atoms with Crippen molar-refractivity contribution < 1.29 is 4.74 Å². The van der Waals surface area contributed by atoms with E-state index in [9.17, 15) is 0 Å². The molecule has 0 saturated carbocycles. The molecular weight excluding hydrogens is 573 g/mol. The SMILES string of the molecule is CC[C@@H]1CN(c2nc3nncn3c3c2nnn3C[C@@H]2CCCO2)[C@@H](C)CN1C(c1ccc(Cl)cc1)c1ccc(Cl)cc1. The summed E-state index contributed by atoms with van der Waals surface area (Å²) in [6, 6.07) is 16.8. The van der Waals surface area contributed by atoms with Crippen LogP contribution in [0.1, 0.15) is 50.3 Å². The molecule has 2 aromatic carbocycles. The lowest BCUT2D eigenvalue weighted by Crippen LogP contribution is -2.58. The average Bonchev–Trinajstić information content (AvgIpc) is 3.77. The molecule has 0 amide bonds. The molecule has 2 saturated heterocycles. The average molecular weight is 607 g/mol. The first-order valence-corrected chi connectivity index (χ1v) is 15.3. The molecule has 0 spiro atoms. The number of rotatable bonds is 7. The highest BCUT2D eigenvalue weighted by Crippen LogP contribution is 2.37. The zero-order chi connectivity index (χ0) is 28.8. The molecular formula is C30H33Cl2N9O. The Morgan fingerprint density at radius 2 is 1.69 bits per heavy atom. The lowest BCUT2D eigenvalue weighted by molar-refractivity contribution is 0.0944. The van der Waals surface area contributed by atoms with Crippen molar-refractivity contribution in [2.75, 3.05) is 24.6 Å². The number of hydrogen-bond acceptors (Lipinski definition) is 8. The van der Waals surface area contributed by atoms with Gasteiger partial charge in [-0.2, -0.15) is 4.98 Å². The summed E-state index contributed by atoms with van der Waals surface area (Å²) in [5, 5.41) is 19.1. The van der Waals surface area contributed by atoms with Crippen LogP contribution in [0.2, 0.25) is 10.0 Å². The molecule has 42 heavy (non-hydrogen) atoms. The Bertz CT molecular complexity index is 1640. The summed E-state index contributed by atoms with van der Waals surface area (Å²) < 4.78 is 9.70. The predicted molar refractivity (Wildman–Crippen MR) is 163 cm³/mol. The Kier molecular flexibility index (Phi) is 7.47. The van der Waals surface area contributed by atoms with Crippen molar-refractivity contribution in [2.45, 2.75) is 63.9 Å². The zero-order valence-electron chi connectivity index (χ0n) is 23.6. The van der Waals surface area contributed by atoms with E-state index in [-0.39, 0.29) is 24.2 Å². The van der Waals surface area contributed by atoms with Crippen molar-refractivity contribution in [1.82, 2.24) is 39.5 Å². The fourth-order valence-corrected chi connectivity index (χ4v) is 6.76. The number of nitrogens with zero attached hydrogens (tertiary/aromatic N) is 9. The van der Waals surface area contributed by atoms with Gasteiger partial charge in [0.15, 0.2) is 17.0 Å². The number of ether oxygens (including phenoxy) is 1. The summed E-state index contributed by atoms with van der Waals surface area (Å²) in [7, 11) is 0. The molecule has 5 aromatic rings. The van der Waals surface area contributed by atoms with Crippen LogP contribution in [0, 0.1) is 0 Å². The van der Waals surface area contributed by atoms with Crippen LogP contribution in [0.15, 0.2) is 54.9 Å². The van der Waals surface area contributed by atoms with Crippen LogP contribution in [0.5, 0.6) is 0 Å². The van der Waals surface area contributed by atoms with Gasteiger partial charge in [0.2, 0.25) is 0 Å². The monoisotopic (exact) mass is 605 g/mol. The second-order valence-corrected chi connectivity index (χ2v) is 12.2. The fourth-order valence-electron chi connectivity index (χ4n) is 6.50. The number of anilines is 1. The van der Waals surface area contributed by atoms with Gasteiger partial charge in [0.05, 0.1) is 18.7 Å². The molecule has 2 aliphatic rings. The van der Waals surface area contributed by atoms with E-state index in [1.807, 2.05) is 33.3 Å². The molecule has 0 bridgehead atoms. The van der Waals surface area contributed by atoms with Crippen LogP contribution in [-0.4, -0.2) is 77.4 Å². The van der Waals surface area contributed by atoms with Gasteiger partial charge in [-0.3, -0.25) is 4.90 Å². The maximum Gasteiger partial charge on any atom is 0.258 e. The van der Waals surface area contributed by atoms with Crippen molar-refractivity contribution in [3.05, 3.63) is 76.0 Å². The number of piperazine rings is 1. The molecule has 3 aromatic heterocycles. The van der Waals surface area contributed by atoms with Crippen LogP contribution in [-0.2, 0) is 11.3 Å². The van der Waals surface area contributed by atoms with Gasteiger partial charge in [-0.1, -0.05) is 59.6 Å².